The highest BCUT2D eigenvalue weighted by Crippen LogP contribution is 2.39. The van der Waals surface area contributed by atoms with Gasteiger partial charge in [-0.25, -0.2) is 8.78 Å². The molecule has 0 aliphatic heterocycles. The molecule has 8 heavy (non-hydrogen) atoms. The molecule has 1 aliphatic rings. The first-order valence-corrected chi connectivity index (χ1v) is 3.01. The quantitative estimate of drug-likeness (QED) is 0.460. The van der Waals surface area contributed by atoms with Crippen molar-refractivity contribution in [2.24, 2.45) is 5.92 Å². The maximum Gasteiger partial charge on any atom is 0.250 e. The zero-order valence-corrected chi connectivity index (χ0v) is 4.95. The highest BCUT2D eigenvalue weighted by Gasteiger charge is 2.40. The monoisotopic (exact) mass is 120 g/mol. The smallest absolute Gasteiger partial charge is 0.207 e. The third-order valence-electron chi connectivity index (χ3n) is 1.87. The fourth-order valence-corrected chi connectivity index (χ4v) is 1.10. The van der Waals surface area contributed by atoms with Gasteiger partial charge in [0.25, 0.3) is 5.92 Å². The van der Waals surface area contributed by atoms with E-state index >= 15 is 0 Å². The molecule has 0 bridgehead atoms. The standard InChI is InChI=1S/C6H10F2/c1-5-3-2-4-6(5,7)8/h5H,2-4H2,1H3/t5-/m1/s1. The molecule has 0 heterocycles. The average Bonchev–Trinajstić information content (AvgIpc) is 1.86. The van der Waals surface area contributed by atoms with E-state index < -0.39 is 5.92 Å². The Hall–Kier alpha value is -0.140. The van der Waals surface area contributed by atoms with E-state index in [9.17, 15) is 8.78 Å². The summed E-state index contributed by atoms with van der Waals surface area (Å²) in [4.78, 5) is 0. The van der Waals surface area contributed by atoms with Crippen molar-refractivity contribution in [3.05, 3.63) is 0 Å². The van der Waals surface area contributed by atoms with Crippen LogP contribution in [0.15, 0.2) is 0 Å². The summed E-state index contributed by atoms with van der Waals surface area (Å²) in [5.41, 5.74) is 0. The van der Waals surface area contributed by atoms with Gasteiger partial charge in [-0.2, -0.15) is 0 Å². The first kappa shape index (κ1) is 5.99. The molecule has 0 aromatic carbocycles. The minimum atomic E-state index is -2.35. The maximum atomic E-state index is 12.3. The normalized spacial score (nSPS) is 35.6. The highest BCUT2D eigenvalue weighted by atomic mass is 19.3. The van der Waals surface area contributed by atoms with Crippen LogP contribution in [-0.4, -0.2) is 5.92 Å². The lowest BCUT2D eigenvalue weighted by molar-refractivity contribution is -0.0299. The molecule has 0 aromatic rings. The number of rotatable bonds is 0. The largest absolute Gasteiger partial charge is 0.250 e. The van der Waals surface area contributed by atoms with Gasteiger partial charge in [-0.1, -0.05) is 6.92 Å². The van der Waals surface area contributed by atoms with E-state index in [1.807, 2.05) is 0 Å². The van der Waals surface area contributed by atoms with E-state index in [1.54, 1.807) is 6.92 Å². The van der Waals surface area contributed by atoms with Gasteiger partial charge in [-0.05, 0) is 12.8 Å². The number of hydrogen-bond donors (Lipinski definition) is 0. The fraction of sp³-hybridized carbons (Fsp3) is 1.00. The van der Waals surface area contributed by atoms with Crippen LogP contribution in [0.1, 0.15) is 26.2 Å². The second-order valence-electron chi connectivity index (χ2n) is 2.55. The Bertz CT molecular complexity index is 88.5. The van der Waals surface area contributed by atoms with Gasteiger partial charge in [0, 0.05) is 12.3 Å². The summed E-state index contributed by atoms with van der Waals surface area (Å²) in [6, 6.07) is 0. The van der Waals surface area contributed by atoms with Crippen LogP contribution >= 0.6 is 0 Å². The van der Waals surface area contributed by atoms with Gasteiger partial charge in [0.15, 0.2) is 0 Å². The van der Waals surface area contributed by atoms with Crippen LogP contribution in [0, 0.1) is 5.92 Å². The fourth-order valence-electron chi connectivity index (χ4n) is 1.10. The van der Waals surface area contributed by atoms with Crippen molar-refractivity contribution < 1.29 is 8.78 Å². The minimum absolute atomic E-state index is 0.105. The van der Waals surface area contributed by atoms with E-state index in [1.165, 1.54) is 0 Å². The van der Waals surface area contributed by atoms with Gasteiger partial charge in [0.1, 0.15) is 0 Å². The summed E-state index contributed by atoms with van der Waals surface area (Å²) < 4.78 is 24.7. The topological polar surface area (TPSA) is 0 Å². The SMILES string of the molecule is C[C@@H]1CCCC1(F)F. The van der Waals surface area contributed by atoms with Crippen molar-refractivity contribution in [1.82, 2.24) is 0 Å². The zero-order valence-electron chi connectivity index (χ0n) is 4.95. The lowest BCUT2D eigenvalue weighted by Crippen LogP contribution is -2.17. The summed E-state index contributed by atoms with van der Waals surface area (Å²) in [5, 5.41) is 0. The highest BCUT2D eigenvalue weighted by molar-refractivity contribution is 4.80. The Kier molecular flexibility index (Phi) is 1.25. The molecule has 0 radical (unpaired) electrons. The van der Waals surface area contributed by atoms with Crippen molar-refractivity contribution in [3.63, 3.8) is 0 Å². The third-order valence-corrected chi connectivity index (χ3v) is 1.87. The molecule has 1 rings (SSSR count). The van der Waals surface area contributed by atoms with Crippen molar-refractivity contribution >= 4 is 0 Å². The molecule has 0 saturated heterocycles. The molecule has 0 unspecified atom stereocenters. The predicted molar refractivity (Wildman–Crippen MR) is 28.0 cm³/mol. The molecule has 0 spiro atoms. The molecule has 0 amide bonds. The molecule has 0 nitrogen and oxygen atoms in total. The Morgan fingerprint density at radius 3 is 2.25 bits per heavy atom. The Balaban J connectivity index is 2.54. The molecule has 1 saturated carbocycles. The summed E-state index contributed by atoms with van der Waals surface area (Å²) >= 11 is 0. The average molecular weight is 120 g/mol. The molecule has 48 valence electrons. The number of halogens is 2. The van der Waals surface area contributed by atoms with Gasteiger partial charge in [0.2, 0.25) is 0 Å². The van der Waals surface area contributed by atoms with Crippen LogP contribution in [0.2, 0.25) is 0 Å². The van der Waals surface area contributed by atoms with Crippen LogP contribution in [0.4, 0.5) is 8.78 Å². The minimum Gasteiger partial charge on any atom is -0.207 e. The summed E-state index contributed by atoms with van der Waals surface area (Å²) in [5.74, 6) is -2.72. The second kappa shape index (κ2) is 1.67. The van der Waals surface area contributed by atoms with Gasteiger partial charge in [-0.15, -0.1) is 0 Å². The third kappa shape index (κ3) is 0.837. The van der Waals surface area contributed by atoms with Crippen LogP contribution in [0.25, 0.3) is 0 Å². The predicted octanol–water partition coefficient (Wildman–Crippen LogP) is 2.44. The van der Waals surface area contributed by atoms with Crippen molar-refractivity contribution in [3.8, 4) is 0 Å². The van der Waals surface area contributed by atoms with Crippen LogP contribution in [0.5, 0.6) is 0 Å². The molecule has 2 heteroatoms. The molecule has 1 aliphatic carbocycles. The van der Waals surface area contributed by atoms with E-state index in [0.29, 0.717) is 12.8 Å². The van der Waals surface area contributed by atoms with Crippen molar-refractivity contribution in [1.29, 1.82) is 0 Å². The van der Waals surface area contributed by atoms with E-state index in [2.05, 4.69) is 0 Å². The van der Waals surface area contributed by atoms with Crippen LogP contribution < -0.4 is 0 Å². The van der Waals surface area contributed by atoms with Gasteiger partial charge < -0.3 is 0 Å². The maximum absolute atomic E-state index is 12.3. The summed E-state index contributed by atoms with van der Waals surface area (Å²) in [6.45, 7) is 1.62. The van der Waals surface area contributed by atoms with Crippen LogP contribution in [-0.2, 0) is 0 Å². The zero-order chi connectivity index (χ0) is 6.20. The molecule has 0 N–H and O–H groups in total. The van der Waals surface area contributed by atoms with Crippen molar-refractivity contribution in [2.75, 3.05) is 0 Å². The Morgan fingerprint density at radius 2 is 2.12 bits per heavy atom. The van der Waals surface area contributed by atoms with Crippen molar-refractivity contribution in [2.45, 2.75) is 32.1 Å². The second-order valence-corrected chi connectivity index (χ2v) is 2.55. The molecular formula is C6H10F2. The molecule has 0 aromatic heterocycles. The van der Waals surface area contributed by atoms with Crippen LogP contribution in [0.3, 0.4) is 0 Å². The molecule has 1 atom stereocenters. The van der Waals surface area contributed by atoms with Gasteiger partial charge in [0.05, 0.1) is 0 Å². The van der Waals surface area contributed by atoms with E-state index in [4.69, 9.17) is 0 Å². The Labute approximate surface area is 47.9 Å². The summed E-state index contributed by atoms with van der Waals surface area (Å²) in [7, 11) is 0. The first-order valence-electron chi connectivity index (χ1n) is 3.01. The van der Waals surface area contributed by atoms with Gasteiger partial charge in [-0.3, -0.25) is 0 Å². The lowest BCUT2D eigenvalue weighted by atomic mass is 10.1. The van der Waals surface area contributed by atoms with Gasteiger partial charge >= 0.3 is 0 Å². The molecule has 1 fully saturated rings. The van der Waals surface area contributed by atoms with E-state index in [-0.39, 0.29) is 12.3 Å². The summed E-state index contributed by atoms with van der Waals surface area (Å²) in [6.07, 6.45) is 1.51. The molecular weight excluding hydrogens is 110 g/mol. The number of alkyl halides is 2. The number of hydrogen-bond acceptors (Lipinski definition) is 0. The lowest BCUT2D eigenvalue weighted by Gasteiger charge is -2.12. The van der Waals surface area contributed by atoms with E-state index in [0.717, 1.165) is 0 Å². The Morgan fingerprint density at radius 1 is 1.50 bits per heavy atom. The first-order chi connectivity index (χ1) is 3.63.